The van der Waals surface area contributed by atoms with Crippen LogP contribution in [0.3, 0.4) is 0 Å². The van der Waals surface area contributed by atoms with Crippen LogP contribution in [0.25, 0.3) is 11.1 Å². The van der Waals surface area contributed by atoms with Crippen LogP contribution in [-0.4, -0.2) is 65.4 Å². The molecule has 0 bridgehead atoms. The van der Waals surface area contributed by atoms with Gasteiger partial charge in [0.1, 0.15) is 13.2 Å². The lowest BCUT2D eigenvalue weighted by Gasteiger charge is -2.32. The van der Waals surface area contributed by atoms with Crippen LogP contribution in [-0.2, 0) is 14.3 Å². The minimum atomic E-state index is -1.17. The quantitative estimate of drug-likeness (QED) is 0.520. The maximum Gasteiger partial charge on any atom is 0.407 e. The van der Waals surface area contributed by atoms with Gasteiger partial charge in [-0.3, -0.25) is 9.59 Å². The van der Waals surface area contributed by atoms with Crippen LogP contribution in [0.15, 0.2) is 48.5 Å². The monoisotopic (exact) mass is 468 g/mol. The molecule has 34 heavy (non-hydrogen) atoms. The largest absolute Gasteiger partial charge is 0.480 e. The van der Waals surface area contributed by atoms with E-state index in [0.29, 0.717) is 0 Å². The zero-order valence-corrected chi connectivity index (χ0v) is 19.8. The van der Waals surface area contributed by atoms with E-state index in [1.54, 1.807) is 0 Å². The average Bonchev–Trinajstić information content (AvgIpc) is 3.10. The number of hydrogen-bond donors (Lipinski definition) is 3. The van der Waals surface area contributed by atoms with Crippen molar-refractivity contribution < 1.29 is 29.3 Å². The number of carbonyl (C=O) groups is 3. The summed E-state index contributed by atoms with van der Waals surface area (Å²) in [5.74, 6) is -1.71. The third kappa shape index (κ3) is 5.94. The third-order valence-corrected chi connectivity index (χ3v) is 6.11. The lowest BCUT2D eigenvalue weighted by Crippen LogP contribution is -2.48. The van der Waals surface area contributed by atoms with Gasteiger partial charge in [-0.1, -0.05) is 69.3 Å². The number of fused-ring (bicyclic) bond motifs is 3. The normalized spacial score (nSPS) is 13.5. The molecule has 0 spiro atoms. The summed E-state index contributed by atoms with van der Waals surface area (Å²) in [7, 11) is 0. The molecule has 1 atom stereocenters. The fourth-order valence-electron chi connectivity index (χ4n) is 4.24. The highest BCUT2D eigenvalue weighted by atomic mass is 16.5. The van der Waals surface area contributed by atoms with E-state index in [2.05, 4.69) is 17.4 Å². The van der Waals surface area contributed by atoms with Crippen molar-refractivity contribution in [3.05, 3.63) is 59.7 Å². The lowest BCUT2D eigenvalue weighted by atomic mass is 9.84. The molecule has 8 heteroatoms. The van der Waals surface area contributed by atoms with Gasteiger partial charge in [-0.2, -0.15) is 0 Å². The molecule has 1 unspecified atom stereocenters. The van der Waals surface area contributed by atoms with Crippen LogP contribution in [0.1, 0.15) is 44.2 Å². The van der Waals surface area contributed by atoms with Crippen molar-refractivity contribution in [3.63, 3.8) is 0 Å². The fraction of sp³-hybridized carbons (Fsp3) is 0.423. The van der Waals surface area contributed by atoms with E-state index in [-0.39, 0.29) is 32.1 Å². The predicted octanol–water partition coefficient (Wildman–Crippen LogP) is 3.24. The SMILES string of the molecule is CC(C)(C)C(CC(=O)N(CCO)CC(=O)O)NC(=O)OCC1c2ccccc2-c2ccccc21. The van der Waals surface area contributed by atoms with Crippen LogP contribution in [0.4, 0.5) is 4.79 Å². The highest BCUT2D eigenvalue weighted by Crippen LogP contribution is 2.44. The van der Waals surface area contributed by atoms with E-state index >= 15 is 0 Å². The van der Waals surface area contributed by atoms with Crippen molar-refractivity contribution in [2.45, 2.75) is 39.2 Å². The first kappa shape index (κ1) is 25.2. The summed E-state index contributed by atoms with van der Waals surface area (Å²) in [5, 5.41) is 21.0. The van der Waals surface area contributed by atoms with Gasteiger partial charge in [0.05, 0.1) is 6.61 Å². The van der Waals surface area contributed by atoms with Crippen molar-refractivity contribution >= 4 is 18.0 Å². The van der Waals surface area contributed by atoms with Crippen molar-refractivity contribution in [1.29, 1.82) is 0 Å². The molecule has 0 radical (unpaired) electrons. The number of carbonyl (C=O) groups excluding carboxylic acids is 2. The molecule has 0 saturated heterocycles. The molecule has 2 aromatic carbocycles. The number of carboxylic acid groups (broad SMARTS) is 1. The molecule has 0 aromatic heterocycles. The van der Waals surface area contributed by atoms with Crippen molar-refractivity contribution in [2.24, 2.45) is 5.41 Å². The number of nitrogens with one attached hydrogen (secondary N) is 1. The first-order valence-electron chi connectivity index (χ1n) is 11.3. The number of amides is 2. The second-order valence-corrected chi connectivity index (χ2v) is 9.53. The van der Waals surface area contributed by atoms with Crippen LogP contribution in [0.5, 0.6) is 0 Å². The Morgan fingerprint density at radius 2 is 1.59 bits per heavy atom. The van der Waals surface area contributed by atoms with E-state index in [0.717, 1.165) is 27.2 Å². The first-order chi connectivity index (χ1) is 16.1. The second kappa shape index (κ2) is 10.7. The van der Waals surface area contributed by atoms with Crippen LogP contribution >= 0.6 is 0 Å². The highest BCUT2D eigenvalue weighted by Gasteiger charge is 2.33. The standard InChI is InChI=1S/C26H32N2O6/c1-26(2,3)22(14-23(30)28(12-13-29)15-24(31)32)27-25(33)34-16-21-19-10-6-4-8-17(19)18-9-5-7-11-20(18)21/h4-11,21-22,29H,12-16H2,1-3H3,(H,27,33)(H,31,32). The Morgan fingerprint density at radius 1 is 1.03 bits per heavy atom. The molecule has 0 aliphatic heterocycles. The van der Waals surface area contributed by atoms with E-state index in [1.807, 2.05) is 57.2 Å². The second-order valence-electron chi connectivity index (χ2n) is 9.53. The van der Waals surface area contributed by atoms with Gasteiger partial charge in [0.2, 0.25) is 5.91 Å². The van der Waals surface area contributed by atoms with E-state index in [1.165, 1.54) is 0 Å². The molecular formula is C26H32N2O6. The van der Waals surface area contributed by atoms with Gasteiger partial charge in [0.15, 0.2) is 0 Å². The lowest BCUT2D eigenvalue weighted by molar-refractivity contribution is -0.145. The predicted molar refractivity (Wildman–Crippen MR) is 127 cm³/mol. The van der Waals surface area contributed by atoms with E-state index < -0.39 is 36.0 Å². The Morgan fingerprint density at radius 3 is 2.09 bits per heavy atom. The Labute approximate surface area is 199 Å². The number of nitrogens with zero attached hydrogens (tertiary/aromatic N) is 1. The summed E-state index contributed by atoms with van der Waals surface area (Å²) in [5.41, 5.74) is 3.98. The Bertz CT molecular complexity index is 1000. The smallest absolute Gasteiger partial charge is 0.407 e. The zero-order chi connectivity index (χ0) is 24.9. The highest BCUT2D eigenvalue weighted by molar-refractivity contribution is 5.82. The number of rotatable bonds is 9. The number of benzene rings is 2. The topological polar surface area (TPSA) is 116 Å². The molecule has 0 fully saturated rings. The summed E-state index contributed by atoms with van der Waals surface area (Å²) >= 11 is 0. The van der Waals surface area contributed by atoms with Crippen LogP contribution in [0.2, 0.25) is 0 Å². The molecule has 3 N–H and O–H groups in total. The van der Waals surface area contributed by atoms with Gasteiger partial charge in [-0.15, -0.1) is 0 Å². The molecule has 182 valence electrons. The van der Waals surface area contributed by atoms with Gasteiger partial charge < -0.3 is 25.2 Å². The van der Waals surface area contributed by atoms with Gasteiger partial charge >= 0.3 is 12.1 Å². The number of alkyl carbamates (subject to hydrolysis) is 1. The molecule has 8 nitrogen and oxygen atoms in total. The van der Waals surface area contributed by atoms with Crippen molar-refractivity contribution in [3.8, 4) is 11.1 Å². The van der Waals surface area contributed by atoms with Gasteiger partial charge in [-0.25, -0.2) is 4.79 Å². The zero-order valence-electron chi connectivity index (χ0n) is 19.8. The molecule has 1 aliphatic carbocycles. The minimum Gasteiger partial charge on any atom is -0.480 e. The van der Waals surface area contributed by atoms with Crippen LogP contribution in [0, 0.1) is 5.41 Å². The van der Waals surface area contributed by atoms with Gasteiger partial charge in [0, 0.05) is 24.9 Å². The van der Waals surface area contributed by atoms with Crippen LogP contribution < -0.4 is 5.32 Å². The number of hydrogen-bond acceptors (Lipinski definition) is 5. The maximum absolute atomic E-state index is 12.7. The Kier molecular flexibility index (Phi) is 7.94. The summed E-state index contributed by atoms with van der Waals surface area (Å²) in [6.45, 7) is 4.83. The first-order valence-corrected chi connectivity index (χ1v) is 11.3. The number of aliphatic carboxylic acids is 1. The van der Waals surface area contributed by atoms with Gasteiger partial charge in [-0.05, 0) is 27.7 Å². The number of aliphatic hydroxyl groups excluding tert-OH is 1. The van der Waals surface area contributed by atoms with Crippen molar-refractivity contribution in [2.75, 3.05) is 26.3 Å². The Hall–Kier alpha value is -3.39. The Balaban J connectivity index is 1.67. The molecule has 3 rings (SSSR count). The third-order valence-electron chi connectivity index (χ3n) is 6.11. The van der Waals surface area contributed by atoms with Gasteiger partial charge in [0.25, 0.3) is 0 Å². The van der Waals surface area contributed by atoms with E-state index in [9.17, 15) is 19.5 Å². The molecule has 0 heterocycles. The summed E-state index contributed by atoms with van der Waals surface area (Å²) in [6, 6.07) is 15.5. The number of aliphatic hydroxyl groups is 1. The van der Waals surface area contributed by atoms with E-state index in [4.69, 9.17) is 9.84 Å². The summed E-state index contributed by atoms with van der Waals surface area (Å²) < 4.78 is 5.61. The molecule has 0 saturated carbocycles. The van der Waals surface area contributed by atoms with Crippen molar-refractivity contribution in [1.82, 2.24) is 10.2 Å². The number of carboxylic acids is 1. The fourth-order valence-corrected chi connectivity index (χ4v) is 4.24. The molecule has 2 amide bonds. The molecule has 1 aliphatic rings. The summed E-state index contributed by atoms with van der Waals surface area (Å²) in [6.07, 6.45) is -0.748. The molecular weight excluding hydrogens is 436 g/mol. The summed E-state index contributed by atoms with van der Waals surface area (Å²) in [4.78, 5) is 37.6. The average molecular weight is 469 g/mol. The maximum atomic E-state index is 12.7. The number of ether oxygens (including phenoxy) is 1. The minimum absolute atomic E-state index is 0.0801. The molecule has 2 aromatic rings.